The Morgan fingerprint density at radius 2 is 2.03 bits per heavy atom. The quantitative estimate of drug-likeness (QED) is 0.256. The molecule has 9 nitrogen and oxygen atoms in total. The number of amidine groups is 1. The number of nitrogens with zero attached hydrogens (tertiary/aromatic N) is 4. The number of nitrogen functional groups attached to an aromatic ring is 1. The molecular formula is C23H30ClN7O2. The van der Waals surface area contributed by atoms with E-state index in [0.717, 1.165) is 5.56 Å². The molecule has 176 valence electrons. The van der Waals surface area contributed by atoms with Crippen molar-refractivity contribution in [3.8, 4) is 0 Å². The number of nitrogens with two attached hydrogens (primary N) is 2. The Morgan fingerprint density at radius 1 is 1.36 bits per heavy atom. The molecule has 0 radical (unpaired) electrons. The highest BCUT2D eigenvalue weighted by Crippen LogP contribution is 2.32. The van der Waals surface area contributed by atoms with Gasteiger partial charge >= 0.3 is 0 Å². The first-order valence-electron chi connectivity index (χ1n) is 10.5. The molecule has 0 atom stereocenters. The zero-order valence-electron chi connectivity index (χ0n) is 19.4. The highest BCUT2D eigenvalue weighted by Gasteiger charge is 2.31. The highest BCUT2D eigenvalue weighted by molar-refractivity contribution is 6.32. The third-order valence-corrected chi connectivity index (χ3v) is 5.95. The van der Waals surface area contributed by atoms with Crippen LogP contribution in [0.15, 0.2) is 36.0 Å². The topological polar surface area (TPSA) is 132 Å². The van der Waals surface area contributed by atoms with Crippen molar-refractivity contribution >= 4 is 34.9 Å². The van der Waals surface area contributed by atoms with Crippen molar-refractivity contribution in [1.29, 1.82) is 0 Å². The number of aromatic nitrogens is 2. The van der Waals surface area contributed by atoms with Gasteiger partial charge in [0.1, 0.15) is 17.4 Å². The van der Waals surface area contributed by atoms with Crippen molar-refractivity contribution in [2.24, 2.45) is 17.8 Å². The summed E-state index contributed by atoms with van der Waals surface area (Å²) in [6, 6.07) is 3.46. The Morgan fingerprint density at radius 3 is 2.64 bits per heavy atom. The van der Waals surface area contributed by atoms with Gasteiger partial charge in [-0.1, -0.05) is 39.0 Å². The molecule has 1 fully saturated rings. The monoisotopic (exact) mass is 471 g/mol. The van der Waals surface area contributed by atoms with Gasteiger partial charge < -0.3 is 26.3 Å². The third kappa shape index (κ3) is 5.19. The lowest BCUT2D eigenvalue weighted by molar-refractivity contribution is -0.130. The van der Waals surface area contributed by atoms with Gasteiger partial charge in [-0.2, -0.15) is 0 Å². The van der Waals surface area contributed by atoms with Crippen LogP contribution in [0.3, 0.4) is 0 Å². The minimum atomic E-state index is -0.263. The van der Waals surface area contributed by atoms with Gasteiger partial charge in [0.25, 0.3) is 5.91 Å². The normalized spacial score (nSPS) is 14.7. The molecule has 33 heavy (non-hydrogen) atoms. The molecule has 1 aromatic carbocycles. The van der Waals surface area contributed by atoms with Crippen molar-refractivity contribution in [1.82, 2.24) is 19.8 Å². The molecule has 1 aliphatic rings. The van der Waals surface area contributed by atoms with E-state index in [2.05, 4.69) is 42.6 Å². The molecule has 0 bridgehead atoms. The molecule has 0 saturated carbocycles. The molecule has 10 heteroatoms. The highest BCUT2D eigenvalue weighted by atomic mass is 35.5. The van der Waals surface area contributed by atoms with Crippen LogP contribution in [0.5, 0.6) is 0 Å². The second kappa shape index (κ2) is 9.27. The number of hydrogen-bond donors (Lipinski definition) is 3. The zero-order valence-corrected chi connectivity index (χ0v) is 20.1. The van der Waals surface area contributed by atoms with E-state index in [-0.39, 0.29) is 35.7 Å². The number of likely N-dealkylation sites (tertiary alicyclic amines) is 1. The van der Waals surface area contributed by atoms with Gasteiger partial charge in [0, 0.05) is 36.4 Å². The van der Waals surface area contributed by atoms with Gasteiger partial charge in [0.2, 0.25) is 5.91 Å². The average molecular weight is 472 g/mol. The fourth-order valence-electron chi connectivity index (χ4n) is 3.57. The van der Waals surface area contributed by atoms with E-state index in [1.54, 1.807) is 22.6 Å². The molecule has 1 aliphatic heterocycles. The number of carbonyl (C=O) groups excluding carboxylic acids is 2. The predicted molar refractivity (Wildman–Crippen MR) is 130 cm³/mol. The van der Waals surface area contributed by atoms with E-state index in [1.165, 1.54) is 12.3 Å². The molecule has 1 aromatic heterocycles. The largest absolute Gasteiger partial charge is 0.398 e. The van der Waals surface area contributed by atoms with Crippen LogP contribution in [0.1, 0.15) is 48.2 Å². The molecule has 0 aliphatic carbocycles. The number of carbonyl (C=O) groups is 2. The molecule has 2 aromatic rings. The first-order valence-corrected chi connectivity index (χ1v) is 10.9. The smallest absolute Gasteiger partial charge is 0.269 e. The van der Waals surface area contributed by atoms with Gasteiger partial charge in [-0.05, 0) is 29.2 Å². The maximum Gasteiger partial charge on any atom is 0.269 e. The molecule has 3 rings (SSSR count). The maximum absolute atomic E-state index is 12.6. The number of hydrogen-bond acceptors (Lipinski definition) is 5. The second-order valence-electron chi connectivity index (χ2n) is 9.11. The molecule has 2 amide bonds. The summed E-state index contributed by atoms with van der Waals surface area (Å²) in [4.78, 5) is 34.5. The van der Waals surface area contributed by atoms with Gasteiger partial charge in [0.05, 0.1) is 18.8 Å². The summed E-state index contributed by atoms with van der Waals surface area (Å²) in [5, 5.41) is 3.49. The minimum Gasteiger partial charge on any atom is -0.398 e. The Bertz CT molecular complexity index is 1120. The van der Waals surface area contributed by atoms with Crippen LogP contribution in [0, 0.1) is 0 Å². The average Bonchev–Trinajstić information content (AvgIpc) is 3.07. The third-order valence-electron chi connectivity index (χ3n) is 5.63. The van der Waals surface area contributed by atoms with E-state index in [0.29, 0.717) is 40.9 Å². The maximum atomic E-state index is 12.6. The van der Waals surface area contributed by atoms with Crippen LogP contribution in [-0.2, 0) is 23.8 Å². The Kier molecular flexibility index (Phi) is 6.83. The standard InChI is InChI=1S/C23H30ClN7O2/c1-6-20(32)31-11-13(12-31)29-22(33)18-9-27-19(30(18)5)10-28-21(26)14-7-15(23(2,3)4)16(24)8-17(14)25/h6-9,13H,1,10-12,25H2,2-5H3,(H2,26,28)(H,29,33). The van der Waals surface area contributed by atoms with Gasteiger partial charge in [-0.15, -0.1) is 0 Å². The Labute approximate surface area is 198 Å². The van der Waals surface area contributed by atoms with Crippen LogP contribution in [0.2, 0.25) is 5.02 Å². The number of amides is 2. The van der Waals surface area contributed by atoms with E-state index >= 15 is 0 Å². The lowest BCUT2D eigenvalue weighted by Crippen LogP contribution is -2.60. The first kappa shape index (κ1) is 24.3. The Balaban J connectivity index is 1.70. The van der Waals surface area contributed by atoms with Crippen molar-refractivity contribution in [3.63, 3.8) is 0 Å². The van der Waals surface area contributed by atoms with Crippen LogP contribution in [-0.4, -0.2) is 51.2 Å². The van der Waals surface area contributed by atoms with Crippen LogP contribution < -0.4 is 16.8 Å². The summed E-state index contributed by atoms with van der Waals surface area (Å²) < 4.78 is 1.67. The fraction of sp³-hybridized carbons (Fsp3) is 0.391. The molecule has 0 unspecified atom stereocenters. The Hall–Kier alpha value is -3.33. The predicted octanol–water partition coefficient (Wildman–Crippen LogP) is 1.99. The number of imidazole rings is 1. The fourth-order valence-corrected chi connectivity index (χ4v) is 4.03. The van der Waals surface area contributed by atoms with Crippen molar-refractivity contribution in [2.75, 3.05) is 18.8 Å². The van der Waals surface area contributed by atoms with Crippen molar-refractivity contribution in [2.45, 2.75) is 38.8 Å². The van der Waals surface area contributed by atoms with Crippen LogP contribution >= 0.6 is 11.6 Å². The summed E-state index contributed by atoms with van der Waals surface area (Å²) in [5.74, 6) is 0.434. The number of benzene rings is 1. The number of rotatable bonds is 6. The number of aliphatic imine (C=N–C) groups is 1. The SMILES string of the molecule is C=CC(=O)N1CC(NC(=O)c2cnc(CN=C(N)c3cc(C(C)(C)C)c(Cl)cc3N)n2C)C1. The van der Waals surface area contributed by atoms with E-state index in [9.17, 15) is 9.59 Å². The van der Waals surface area contributed by atoms with Crippen molar-refractivity contribution in [3.05, 3.63) is 58.7 Å². The summed E-state index contributed by atoms with van der Waals surface area (Å²) in [5.41, 5.74) is 14.6. The molecular weight excluding hydrogens is 442 g/mol. The van der Waals surface area contributed by atoms with Crippen LogP contribution in [0.4, 0.5) is 5.69 Å². The van der Waals surface area contributed by atoms with Crippen LogP contribution in [0.25, 0.3) is 0 Å². The number of nitrogens with one attached hydrogen (secondary N) is 1. The van der Waals surface area contributed by atoms with E-state index < -0.39 is 0 Å². The first-order chi connectivity index (χ1) is 15.4. The lowest BCUT2D eigenvalue weighted by atomic mass is 9.85. The molecule has 5 N–H and O–H groups in total. The molecule has 0 spiro atoms. The van der Waals surface area contributed by atoms with E-state index in [1.807, 2.05) is 6.07 Å². The minimum absolute atomic E-state index is 0.0988. The summed E-state index contributed by atoms with van der Waals surface area (Å²) in [7, 11) is 1.74. The molecule has 2 heterocycles. The summed E-state index contributed by atoms with van der Waals surface area (Å²) in [6.45, 7) is 10.7. The lowest BCUT2D eigenvalue weighted by Gasteiger charge is -2.38. The summed E-state index contributed by atoms with van der Waals surface area (Å²) >= 11 is 6.36. The van der Waals surface area contributed by atoms with Crippen molar-refractivity contribution < 1.29 is 9.59 Å². The number of halogens is 1. The molecule has 1 saturated heterocycles. The number of anilines is 1. The summed E-state index contributed by atoms with van der Waals surface area (Å²) in [6.07, 6.45) is 2.76. The second-order valence-corrected chi connectivity index (χ2v) is 9.51. The van der Waals surface area contributed by atoms with Gasteiger partial charge in [-0.3, -0.25) is 14.6 Å². The van der Waals surface area contributed by atoms with E-state index in [4.69, 9.17) is 23.1 Å². The van der Waals surface area contributed by atoms with Gasteiger partial charge in [0.15, 0.2) is 0 Å². The van der Waals surface area contributed by atoms with Gasteiger partial charge in [-0.25, -0.2) is 4.98 Å². The zero-order chi connectivity index (χ0) is 24.5.